The Balaban J connectivity index is 1.81. The normalized spacial score (nSPS) is 15.8. The SMILES string of the molecule is Cc1cc(C)nc(-n2nc(-c3ccccc3)c3c2NC(=O)CSC3c2ccccc2)n1. The molecule has 154 valence electrons. The van der Waals surface area contributed by atoms with E-state index in [1.807, 2.05) is 68.4 Å². The highest BCUT2D eigenvalue weighted by atomic mass is 32.2. The first-order valence-electron chi connectivity index (χ1n) is 10.1. The number of aromatic nitrogens is 4. The van der Waals surface area contributed by atoms with Crippen molar-refractivity contribution in [3.05, 3.63) is 89.2 Å². The topological polar surface area (TPSA) is 72.7 Å². The van der Waals surface area contributed by atoms with E-state index < -0.39 is 0 Å². The van der Waals surface area contributed by atoms with Gasteiger partial charge in [-0.2, -0.15) is 9.78 Å². The van der Waals surface area contributed by atoms with E-state index in [-0.39, 0.29) is 11.2 Å². The summed E-state index contributed by atoms with van der Waals surface area (Å²) < 4.78 is 1.68. The molecule has 7 heteroatoms. The molecule has 31 heavy (non-hydrogen) atoms. The number of rotatable bonds is 3. The van der Waals surface area contributed by atoms with Gasteiger partial charge in [-0.15, -0.1) is 11.8 Å². The Labute approximate surface area is 184 Å². The third-order valence-corrected chi connectivity index (χ3v) is 6.40. The van der Waals surface area contributed by atoms with Crippen LogP contribution in [0.25, 0.3) is 17.2 Å². The van der Waals surface area contributed by atoms with Crippen molar-refractivity contribution >= 4 is 23.5 Å². The molecule has 0 fully saturated rings. The van der Waals surface area contributed by atoms with E-state index in [1.165, 1.54) is 0 Å². The van der Waals surface area contributed by atoms with Gasteiger partial charge in [0.1, 0.15) is 5.82 Å². The highest BCUT2D eigenvalue weighted by Gasteiger charge is 2.33. The maximum absolute atomic E-state index is 12.7. The highest BCUT2D eigenvalue weighted by molar-refractivity contribution is 8.00. The molecule has 1 aliphatic rings. The summed E-state index contributed by atoms with van der Waals surface area (Å²) in [7, 11) is 0. The molecule has 0 bridgehead atoms. The van der Waals surface area contributed by atoms with Crippen molar-refractivity contribution in [2.24, 2.45) is 0 Å². The summed E-state index contributed by atoms with van der Waals surface area (Å²) in [6.07, 6.45) is 0. The predicted molar refractivity (Wildman–Crippen MR) is 123 cm³/mol. The molecule has 0 aliphatic carbocycles. The number of nitrogens with one attached hydrogen (secondary N) is 1. The summed E-state index contributed by atoms with van der Waals surface area (Å²) in [6.45, 7) is 3.86. The van der Waals surface area contributed by atoms with Crippen LogP contribution in [-0.2, 0) is 4.79 Å². The molecule has 0 saturated heterocycles. The lowest BCUT2D eigenvalue weighted by atomic mass is 10.00. The first-order chi connectivity index (χ1) is 15.1. The third-order valence-electron chi connectivity index (χ3n) is 5.13. The lowest BCUT2D eigenvalue weighted by Crippen LogP contribution is -2.17. The van der Waals surface area contributed by atoms with Crippen LogP contribution in [0.4, 0.5) is 5.82 Å². The molecule has 1 amide bonds. The van der Waals surface area contributed by atoms with Crippen molar-refractivity contribution in [2.75, 3.05) is 11.1 Å². The maximum Gasteiger partial charge on any atom is 0.252 e. The van der Waals surface area contributed by atoms with Crippen LogP contribution in [0.5, 0.6) is 0 Å². The Morgan fingerprint density at radius 3 is 2.29 bits per heavy atom. The number of benzene rings is 2. The van der Waals surface area contributed by atoms with Crippen molar-refractivity contribution in [1.29, 1.82) is 0 Å². The molecule has 0 radical (unpaired) electrons. The van der Waals surface area contributed by atoms with Gasteiger partial charge in [-0.1, -0.05) is 60.7 Å². The summed E-state index contributed by atoms with van der Waals surface area (Å²) in [5.41, 5.74) is 5.60. The Bertz CT molecular complexity index is 1230. The number of thioether (sulfide) groups is 1. The van der Waals surface area contributed by atoms with Crippen LogP contribution in [-0.4, -0.2) is 31.4 Å². The fourth-order valence-electron chi connectivity index (χ4n) is 3.86. The summed E-state index contributed by atoms with van der Waals surface area (Å²) in [6, 6.07) is 22.2. The molecule has 2 aromatic heterocycles. The Morgan fingerprint density at radius 2 is 1.61 bits per heavy atom. The number of hydrogen-bond acceptors (Lipinski definition) is 5. The van der Waals surface area contributed by atoms with Gasteiger partial charge in [-0.25, -0.2) is 9.97 Å². The Hall–Kier alpha value is -3.45. The van der Waals surface area contributed by atoms with Gasteiger partial charge in [-0.05, 0) is 25.5 Å². The van der Waals surface area contributed by atoms with E-state index in [0.29, 0.717) is 17.5 Å². The summed E-state index contributed by atoms with van der Waals surface area (Å²) in [5, 5.41) is 7.96. The fraction of sp³-hybridized carbons (Fsp3) is 0.167. The number of amides is 1. The third kappa shape index (κ3) is 3.72. The molecule has 1 atom stereocenters. The average molecular weight is 428 g/mol. The molecule has 0 spiro atoms. The van der Waals surface area contributed by atoms with E-state index in [0.717, 1.165) is 33.8 Å². The fourth-order valence-corrected chi connectivity index (χ4v) is 4.99. The van der Waals surface area contributed by atoms with Crippen LogP contribution in [0.2, 0.25) is 0 Å². The number of hydrogen-bond donors (Lipinski definition) is 1. The lowest BCUT2D eigenvalue weighted by molar-refractivity contribution is -0.113. The maximum atomic E-state index is 12.7. The van der Waals surface area contributed by atoms with Gasteiger partial charge in [0.15, 0.2) is 0 Å². The van der Waals surface area contributed by atoms with E-state index in [2.05, 4.69) is 27.4 Å². The van der Waals surface area contributed by atoms with E-state index >= 15 is 0 Å². The van der Waals surface area contributed by atoms with Crippen LogP contribution in [0.3, 0.4) is 0 Å². The van der Waals surface area contributed by atoms with Gasteiger partial charge >= 0.3 is 0 Å². The minimum atomic E-state index is -0.0604. The van der Waals surface area contributed by atoms with Crippen molar-refractivity contribution in [3.63, 3.8) is 0 Å². The van der Waals surface area contributed by atoms with Crippen molar-refractivity contribution in [1.82, 2.24) is 19.7 Å². The van der Waals surface area contributed by atoms with E-state index in [4.69, 9.17) is 5.10 Å². The van der Waals surface area contributed by atoms with Crippen LogP contribution < -0.4 is 5.32 Å². The van der Waals surface area contributed by atoms with Crippen molar-refractivity contribution in [2.45, 2.75) is 19.1 Å². The Morgan fingerprint density at radius 1 is 0.968 bits per heavy atom. The van der Waals surface area contributed by atoms with Crippen LogP contribution >= 0.6 is 11.8 Å². The first kappa shape index (κ1) is 19.5. The van der Waals surface area contributed by atoms with Gasteiger partial charge in [-0.3, -0.25) is 4.79 Å². The molecule has 6 nitrogen and oxygen atoms in total. The average Bonchev–Trinajstić information content (AvgIpc) is 3.04. The largest absolute Gasteiger partial charge is 0.309 e. The van der Waals surface area contributed by atoms with E-state index in [1.54, 1.807) is 16.4 Å². The van der Waals surface area contributed by atoms with Crippen molar-refractivity contribution < 1.29 is 4.79 Å². The number of carbonyl (C=O) groups is 1. The minimum Gasteiger partial charge on any atom is -0.309 e. The van der Waals surface area contributed by atoms with Crippen LogP contribution in [0.1, 0.15) is 27.8 Å². The smallest absolute Gasteiger partial charge is 0.252 e. The molecule has 4 aromatic rings. The van der Waals surface area contributed by atoms with Gasteiger partial charge in [0.2, 0.25) is 5.91 Å². The number of fused-ring (bicyclic) bond motifs is 1. The number of anilines is 1. The van der Waals surface area contributed by atoms with Crippen molar-refractivity contribution in [3.8, 4) is 17.2 Å². The molecule has 1 unspecified atom stereocenters. The number of nitrogens with zero attached hydrogens (tertiary/aromatic N) is 4. The standard InChI is InChI=1S/C24H21N5OS/c1-15-13-16(2)26-24(25-15)29-23-20(21(28-29)17-9-5-3-6-10-17)22(31-14-19(30)27-23)18-11-7-4-8-12-18/h3-13,22H,14H2,1-2H3,(H,27,30). The molecule has 0 saturated carbocycles. The van der Waals surface area contributed by atoms with Crippen LogP contribution in [0, 0.1) is 13.8 Å². The number of aryl methyl sites for hydroxylation is 2. The number of carbonyl (C=O) groups excluding carboxylic acids is 1. The second kappa shape index (κ2) is 8.00. The zero-order valence-corrected chi connectivity index (χ0v) is 18.1. The zero-order valence-electron chi connectivity index (χ0n) is 17.2. The molecular formula is C24H21N5OS. The molecule has 3 heterocycles. The summed E-state index contributed by atoms with van der Waals surface area (Å²) in [5.74, 6) is 1.38. The predicted octanol–water partition coefficient (Wildman–Crippen LogP) is 4.72. The monoisotopic (exact) mass is 427 g/mol. The minimum absolute atomic E-state index is 0.0509. The first-order valence-corrected chi connectivity index (χ1v) is 11.1. The lowest BCUT2D eigenvalue weighted by Gasteiger charge is -2.16. The summed E-state index contributed by atoms with van der Waals surface area (Å²) >= 11 is 1.61. The molecule has 1 aliphatic heterocycles. The van der Waals surface area contributed by atoms with Crippen LogP contribution in [0.15, 0.2) is 66.7 Å². The van der Waals surface area contributed by atoms with Gasteiger partial charge in [0, 0.05) is 22.5 Å². The molecule has 1 N–H and O–H groups in total. The summed E-state index contributed by atoms with van der Waals surface area (Å²) in [4.78, 5) is 21.9. The second-order valence-corrected chi connectivity index (χ2v) is 8.58. The molecular weight excluding hydrogens is 406 g/mol. The quantitative estimate of drug-likeness (QED) is 0.512. The van der Waals surface area contributed by atoms with E-state index in [9.17, 15) is 4.79 Å². The highest BCUT2D eigenvalue weighted by Crippen LogP contribution is 2.46. The zero-order chi connectivity index (χ0) is 21.4. The van der Waals surface area contributed by atoms with Gasteiger partial charge < -0.3 is 5.32 Å². The second-order valence-electron chi connectivity index (χ2n) is 7.49. The van der Waals surface area contributed by atoms with Gasteiger partial charge in [0.25, 0.3) is 5.95 Å². The molecule has 5 rings (SSSR count). The Kier molecular flexibility index (Phi) is 5.03. The molecule has 2 aromatic carbocycles. The van der Waals surface area contributed by atoms with Gasteiger partial charge in [0.05, 0.1) is 16.7 Å².